The second-order valence-corrected chi connectivity index (χ2v) is 6.28. The van der Waals surface area contributed by atoms with E-state index >= 15 is 0 Å². The highest BCUT2D eigenvalue weighted by Gasteiger charge is 2.12. The lowest BCUT2D eigenvalue weighted by molar-refractivity contribution is -0.384. The molecule has 3 aromatic carbocycles. The van der Waals surface area contributed by atoms with Gasteiger partial charge in [0.25, 0.3) is 11.6 Å². The number of para-hydroxylation sites is 2. The Morgan fingerprint density at radius 3 is 2.39 bits per heavy atom. The fourth-order valence-corrected chi connectivity index (χ4v) is 2.44. The van der Waals surface area contributed by atoms with E-state index in [0.717, 1.165) is 0 Å². The Morgan fingerprint density at radius 2 is 1.68 bits per heavy atom. The van der Waals surface area contributed by atoms with Crippen molar-refractivity contribution in [3.63, 3.8) is 0 Å². The molecule has 0 spiro atoms. The van der Waals surface area contributed by atoms with Crippen LogP contribution >= 0.6 is 0 Å². The molecule has 156 valence electrons. The van der Waals surface area contributed by atoms with Gasteiger partial charge in [-0.2, -0.15) is 10.2 Å². The van der Waals surface area contributed by atoms with Gasteiger partial charge in [-0.1, -0.05) is 30.3 Å². The Morgan fingerprint density at radius 1 is 1.00 bits per heavy atom. The number of amides is 1. The van der Waals surface area contributed by atoms with Crippen molar-refractivity contribution in [2.45, 2.75) is 6.92 Å². The molecule has 0 radical (unpaired) electrons. The van der Waals surface area contributed by atoms with Crippen molar-refractivity contribution in [2.75, 3.05) is 5.43 Å². The predicted molar refractivity (Wildman–Crippen MR) is 119 cm³/mol. The molecule has 0 saturated heterocycles. The van der Waals surface area contributed by atoms with Gasteiger partial charge < -0.3 is 4.74 Å². The number of hydrazone groups is 2. The molecule has 0 aliphatic heterocycles. The number of nitro benzene ring substituents is 1. The maximum Gasteiger partial charge on any atom is 0.275 e. The number of nitro groups is 1. The molecule has 3 rings (SSSR count). The lowest BCUT2D eigenvalue weighted by atomic mass is 10.2. The van der Waals surface area contributed by atoms with E-state index in [0.29, 0.717) is 28.5 Å². The summed E-state index contributed by atoms with van der Waals surface area (Å²) in [6.45, 7) is 1.66. The number of carbonyl (C=O) groups is 1. The number of hydrogen-bond acceptors (Lipinski definition) is 7. The summed E-state index contributed by atoms with van der Waals surface area (Å²) in [7, 11) is 0. The van der Waals surface area contributed by atoms with Crippen molar-refractivity contribution in [1.82, 2.24) is 5.43 Å². The van der Waals surface area contributed by atoms with Crippen LogP contribution in [0.25, 0.3) is 0 Å². The number of rotatable bonds is 8. The van der Waals surface area contributed by atoms with Crippen LogP contribution in [0.15, 0.2) is 89.1 Å². The molecule has 9 heteroatoms. The van der Waals surface area contributed by atoms with Crippen LogP contribution in [0, 0.1) is 10.1 Å². The van der Waals surface area contributed by atoms with E-state index in [1.54, 1.807) is 43.3 Å². The summed E-state index contributed by atoms with van der Waals surface area (Å²) in [5, 5.41) is 18.6. The average Bonchev–Trinajstić information content (AvgIpc) is 2.79. The van der Waals surface area contributed by atoms with Gasteiger partial charge in [0.1, 0.15) is 11.5 Å². The number of nitrogens with zero attached hydrogens (tertiary/aromatic N) is 3. The van der Waals surface area contributed by atoms with Crippen LogP contribution in [0.3, 0.4) is 0 Å². The number of ether oxygens (including phenoxy) is 1. The molecule has 1 amide bonds. The van der Waals surface area contributed by atoms with E-state index in [-0.39, 0.29) is 5.69 Å². The van der Waals surface area contributed by atoms with Crippen molar-refractivity contribution < 1.29 is 14.5 Å². The monoisotopic (exact) mass is 417 g/mol. The van der Waals surface area contributed by atoms with Gasteiger partial charge in [-0.25, -0.2) is 5.43 Å². The second kappa shape index (κ2) is 10.3. The zero-order valence-electron chi connectivity index (χ0n) is 16.6. The average molecular weight is 417 g/mol. The third-order valence-corrected chi connectivity index (χ3v) is 3.96. The highest BCUT2D eigenvalue weighted by Crippen LogP contribution is 2.24. The molecule has 0 atom stereocenters. The first-order valence-corrected chi connectivity index (χ1v) is 9.23. The van der Waals surface area contributed by atoms with Gasteiger partial charge >= 0.3 is 0 Å². The van der Waals surface area contributed by atoms with Crippen molar-refractivity contribution in [3.8, 4) is 11.5 Å². The Labute approximate surface area is 178 Å². The van der Waals surface area contributed by atoms with Crippen LogP contribution in [0.2, 0.25) is 0 Å². The summed E-state index contributed by atoms with van der Waals surface area (Å²) in [5.74, 6) is 0.599. The van der Waals surface area contributed by atoms with Crippen molar-refractivity contribution in [1.29, 1.82) is 0 Å². The molecule has 0 unspecified atom stereocenters. The molecule has 0 saturated carbocycles. The standard InChI is InChI=1S/C22H19N5O4/c1-16(15-23-25-17-11-13-18(14-12-17)27(29)30)24-26-22(28)20-9-5-6-10-21(20)31-19-7-3-2-4-8-19/h2-15,25H,1H3,(H,26,28)/b23-15+,24-16+. The van der Waals surface area contributed by atoms with Crippen LogP contribution in [0.1, 0.15) is 17.3 Å². The minimum Gasteiger partial charge on any atom is -0.457 e. The first-order valence-electron chi connectivity index (χ1n) is 9.23. The van der Waals surface area contributed by atoms with E-state index in [1.165, 1.54) is 30.5 Å². The Balaban J connectivity index is 1.59. The zero-order valence-corrected chi connectivity index (χ0v) is 16.6. The summed E-state index contributed by atoms with van der Waals surface area (Å²) >= 11 is 0. The normalized spacial score (nSPS) is 11.2. The largest absolute Gasteiger partial charge is 0.457 e. The van der Waals surface area contributed by atoms with Crippen LogP contribution in [0.5, 0.6) is 11.5 Å². The molecule has 31 heavy (non-hydrogen) atoms. The van der Waals surface area contributed by atoms with E-state index in [2.05, 4.69) is 21.1 Å². The molecule has 0 aliphatic carbocycles. The van der Waals surface area contributed by atoms with Crippen LogP contribution in [-0.4, -0.2) is 22.8 Å². The van der Waals surface area contributed by atoms with Crippen LogP contribution in [0.4, 0.5) is 11.4 Å². The van der Waals surface area contributed by atoms with Gasteiger partial charge in [-0.05, 0) is 43.3 Å². The first-order chi connectivity index (χ1) is 15.0. The summed E-state index contributed by atoms with van der Waals surface area (Å²) < 4.78 is 5.79. The molecule has 0 bridgehead atoms. The molecule has 2 N–H and O–H groups in total. The topological polar surface area (TPSA) is 118 Å². The maximum atomic E-state index is 12.5. The summed E-state index contributed by atoms with van der Waals surface area (Å²) in [6, 6.07) is 21.8. The third-order valence-electron chi connectivity index (χ3n) is 3.96. The van der Waals surface area contributed by atoms with E-state index in [9.17, 15) is 14.9 Å². The fraction of sp³-hybridized carbons (Fsp3) is 0.0455. The molecule has 0 aliphatic rings. The number of benzene rings is 3. The molecular formula is C22H19N5O4. The Bertz CT molecular complexity index is 1110. The highest BCUT2D eigenvalue weighted by atomic mass is 16.6. The quantitative estimate of drug-likeness (QED) is 0.316. The Hall–Kier alpha value is -4.53. The number of non-ortho nitro benzene ring substituents is 1. The van der Waals surface area contributed by atoms with Crippen molar-refractivity contribution >= 4 is 29.2 Å². The van der Waals surface area contributed by atoms with Crippen LogP contribution < -0.4 is 15.6 Å². The number of anilines is 1. The maximum absolute atomic E-state index is 12.5. The summed E-state index contributed by atoms with van der Waals surface area (Å²) in [5.41, 5.74) is 6.54. The van der Waals surface area contributed by atoms with Crippen molar-refractivity contribution in [2.24, 2.45) is 10.2 Å². The van der Waals surface area contributed by atoms with E-state index < -0.39 is 10.8 Å². The fourth-order valence-electron chi connectivity index (χ4n) is 2.44. The van der Waals surface area contributed by atoms with Gasteiger partial charge in [0.15, 0.2) is 0 Å². The highest BCUT2D eigenvalue weighted by molar-refractivity contribution is 6.29. The first kappa shape index (κ1) is 21.2. The Kier molecular flexibility index (Phi) is 7.04. The molecule has 3 aromatic rings. The van der Waals surface area contributed by atoms with E-state index in [1.807, 2.05) is 18.2 Å². The molecule has 0 fully saturated rings. The lowest BCUT2D eigenvalue weighted by Gasteiger charge is -2.10. The SMILES string of the molecule is CC(/C=N/Nc1ccc([N+](=O)[O-])cc1)=N\NC(=O)c1ccccc1Oc1ccccc1. The predicted octanol–water partition coefficient (Wildman–Crippen LogP) is 4.59. The van der Waals surface area contributed by atoms with Gasteiger partial charge in [-0.3, -0.25) is 20.3 Å². The third kappa shape index (κ3) is 6.23. The second-order valence-electron chi connectivity index (χ2n) is 6.28. The summed E-state index contributed by atoms with van der Waals surface area (Å²) in [4.78, 5) is 22.7. The van der Waals surface area contributed by atoms with Gasteiger partial charge in [0, 0.05) is 12.1 Å². The smallest absolute Gasteiger partial charge is 0.275 e. The molecule has 9 nitrogen and oxygen atoms in total. The molecule has 0 aromatic heterocycles. The number of hydrogen-bond donors (Lipinski definition) is 2. The lowest BCUT2D eigenvalue weighted by Crippen LogP contribution is -2.20. The van der Waals surface area contributed by atoms with Crippen LogP contribution in [-0.2, 0) is 0 Å². The van der Waals surface area contributed by atoms with E-state index in [4.69, 9.17) is 4.74 Å². The summed E-state index contributed by atoms with van der Waals surface area (Å²) in [6.07, 6.45) is 1.41. The molecular weight excluding hydrogens is 398 g/mol. The van der Waals surface area contributed by atoms with Gasteiger partial charge in [0.05, 0.1) is 28.1 Å². The number of nitrogens with one attached hydrogen (secondary N) is 2. The van der Waals surface area contributed by atoms with Crippen molar-refractivity contribution in [3.05, 3.63) is 94.5 Å². The minimum atomic E-state index is -0.477. The minimum absolute atomic E-state index is 0.00786. The van der Waals surface area contributed by atoms with Gasteiger partial charge in [-0.15, -0.1) is 0 Å². The number of carbonyl (C=O) groups excluding carboxylic acids is 1. The zero-order chi connectivity index (χ0) is 22.1. The van der Waals surface area contributed by atoms with Gasteiger partial charge in [0.2, 0.25) is 0 Å². The molecule has 0 heterocycles.